The molecule has 0 rings (SSSR count). The van der Waals surface area contributed by atoms with E-state index in [1.807, 2.05) is 6.92 Å². The molecule has 0 heterocycles. The van der Waals surface area contributed by atoms with Crippen LogP contribution in [0.4, 0.5) is 0 Å². The zero-order chi connectivity index (χ0) is 9.61. The van der Waals surface area contributed by atoms with E-state index < -0.39 is 5.91 Å². The van der Waals surface area contributed by atoms with Gasteiger partial charge in [0.25, 0.3) is 5.91 Å². The quantitative estimate of drug-likeness (QED) is 0.500. The van der Waals surface area contributed by atoms with E-state index in [1.165, 1.54) is 6.92 Å². The number of carbonyl (C=O) groups excluding carboxylic acids is 1. The molecule has 2 N–H and O–H groups in total. The first-order chi connectivity index (χ1) is 5.52. The highest BCUT2D eigenvalue weighted by Gasteiger charge is 2.22. The summed E-state index contributed by atoms with van der Waals surface area (Å²) in [5.74, 6) is -1.60. The van der Waals surface area contributed by atoms with Gasteiger partial charge in [-0.25, -0.2) is 0 Å². The van der Waals surface area contributed by atoms with Crippen LogP contribution in [0.5, 0.6) is 0 Å². The second-order valence-electron chi connectivity index (χ2n) is 2.67. The van der Waals surface area contributed by atoms with Crippen molar-refractivity contribution in [3.8, 4) is 0 Å². The van der Waals surface area contributed by atoms with E-state index in [0.717, 1.165) is 6.42 Å². The minimum Gasteiger partial charge on any atom is -0.419 e. The van der Waals surface area contributed by atoms with Gasteiger partial charge in [-0.2, -0.15) is 0 Å². The van der Waals surface area contributed by atoms with Crippen LogP contribution in [0.25, 0.3) is 0 Å². The Bertz CT molecular complexity index is 145. The van der Waals surface area contributed by atoms with Gasteiger partial charge in [0.2, 0.25) is 0 Å². The summed E-state index contributed by atoms with van der Waals surface area (Å²) in [7, 11) is 0. The molecule has 0 fully saturated rings. The van der Waals surface area contributed by atoms with Crippen molar-refractivity contribution < 1.29 is 14.3 Å². The van der Waals surface area contributed by atoms with E-state index in [4.69, 9.17) is 15.2 Å². The molecule has 1 atom stereocenters. The Morgan fingerprint density at radius 3 is 2.50 bits per heavy atom. The van der Waals surface area contributed by atoms with Gasteiger partial charge in [-0.1, -0.05) is 6.92 Å². The molecule has 0 saturated heterocycles. The Morgan fingerprint density at radius 1 is 1.50 bits per heavy atom. The van der Waals surface area contributed by atoms with Crippen molar-refractivity contribution in [1.29, 1.82) is 0 Å². The smallest absolute Gasteiger partial charge is 0.309 e. The van der Waals surface area contributed by atoms with Crippen molar-refractivity contribution in [3.05, 3.63) is 0 Å². The summed E-state index contributed by atoms with van der Waals surface area (Å²) >= 11 is 0. The van der Waals surface area contributed by atoms with E-state index in [0.29, 0.717) is 13.0 Å². The molecule has 0 amide bonds. The fraction of sp³-hybridized carbons (Fsp3) is 0.875. The normalized spacial score (nSPS) is 15.3. The largest absolute Gasteiger partial charge is 0.419 e. The van der Waals surface area contributed by atoms with Gasteiger partial charge >= 0.3 is 5.97 Å². The molecule has 0 saturated carbocycles. The third-order valence-corrected chi connectivity index (χ3v) is 1.20. The molecule has 0 bridgehead atoms. The van der Waals surface area contributed by atoms with Crippen LogP contribution < -0.4 is 5.73 Å². The third kappa shape index (κ3) is 5.09. The summed E-state index contributed by atoms with van der Waals surface area (Å²) in [6.07, 6.45) is 1.13. The standard InChI is InChI=1S/C8H17NO3/c1-4-6-7(10)12-8(3,9)11-5-2/h4-6,9H2,1-3H3. The number of hydrogen-bond acceptors (Lipinski definition) is 4. The molecule has 4 nitrogen and oxygen atoms in total. The summed E-state index contributed by atoms with van der Waals surface area (Å²) < 4.78 is 9.82. The van der Waals surface area contributed by atoms with Crippen LogP contribution in [-0.4, -0.2) is 18.5 Å². The molecule has 0 aliphatic carbocycles. The predicted molar refractivity (Wildman–Crippen MR) is 45.2 cm³/mol. The first-order valence-corrected chi connectivity index (χ1v) is 4.16. The first-order valence-electron chi connectivity index (χ1n) is 4.16. The monoisotopic (exact) mass is 175 g/mol. The van der Waals surface area contributed by atoms with Crippen LogP contribution in [0.3, 0.4) is 0 Å². The fourth-order valence-electron chi connectivity index (χ4n) is 0.797. The molecule has 0 aromatic carbocycles. The lowest BCUT2D eigenvalue weighted by molar-refractivity contribution is -0.219. The van der Waals surface area contributed by atoms with Crippen LogP contribution in [-0.2, 0) is 14.3 Å². The molecule has 72 valence electrons. The molecule has 0 aliphatic heterocycles. The molecule has 0 aromatic heterocycles. The molecule has 12 heavy (non-hydrogen) atoms. The van der Waals surface area contributed by atoms with E-state index >= 15 is 0 Å². The lowest BCUT2D eigenvalue weighted by Crippen LogP contribution is -2.44. The molecule has 0 spiro atoms. The Hall–Kier alpha value is -0.610. The lowest BCUT2D eigenvalue weighted by Gasteiger charge is -2.23. The zero-order valence-electron chi connectivity index (χ0n) is 7.92. The Morgan fingerprint density at radius 2 is 2.08 bits per heavy atom. The number of carbonyl (C=O) groups is 1. The SMILES string of the molecule is CCCC(=O)OC(C)(N)OCC. The van der Waals surface area contributed by atoms with Crippen LogP contribution in [0.15, 0.2) is 0 Å². The molecule has 0 aliphatic rings. The van der Waals surface area contributed by atoms with Crippen molar-refractivity contribution in [2.24, 2.45) is 5.73 Å². The molecule has 0 aromatic rings. The Kier molecular flexibility index (Phi) is 4.85. The van der Waals surface area contributed by atoms with Gasteiger partial charge in [-0.05, 0) is 13.3 Å². The summed E-state index contributed by atoms with van der Waals surface area (Å²) in [5.41, 5.74) is 5.49. The number of ether oxygens (including phenoxy) is 2. The van der Waals surface area contributed by atoms with Crippen LogP contribution in [0, 0.1) is 0 Å². The van der Waals surface area contributed by atoms with E-state index in [9.17, 15) is 4.79 Å². The predicted octanol–water partition coefficient (Wildman–Crippen LogP) is 0.999. The Balaban J connectivity index is 3.79. The third-order valence-electron chi connectivity index (χ3n) is 1.20. The van der Waals surface area contributed by atoms with Gasteiger partial charge < -0.3 is 9.47 Å². The van der Waals surface area contributed by atoms with Crippen LogP contribution in [0.2, 0.25) is 0 Å². The first kappa shape index (κ1) is 11.4. The fourth-order valence-corrected chi connectivity index (χ4v) is 0.797. The van der Waals surface area contributed by atoms with Gasteiger partial charge in [0.05, 0.1) is 0 Å². The minimum atomic E-state index is -1.28. The molecular weight excluding hydrogens is 158 g/mol. The highest BCUT2D eigenvalue weighted by Crippen LogP contribution is 2.06. The molecule has 4 heteroatoms. The van der Waals surface area contributed by atoms with Gasteiger partial charge in [0, 0.05) is 20.0 Å². The van der Waals surface area contributed by atoms with E-state index in [2.05, 4.69) is 0 Å². The zero-order valence-corrected chi connectivity index (χ0v) is 7.92. The number of hydrogen-bond donors (Lipinski definition) is 1. The maximum absolute atomic E-state index is 11.0. The summed E-state index contributed by atoms with van der Waals surface area (Å²) in [6, 6.07) is 0. The van der Waals surface area contributed by atoms with E-state index in [1.54, 1.807) is 6.92 Å². The minimum absolute atomic E-state index is 0.323. The number of esters is 1. The van der Waals surface area contributed by atoms with Crippen molar-refractivity contribution in [2.75, 3.05) is 6.61 Å². The maximum atomic E-state index is 11.0. The number of nitrogens with two attached hydrogens (primary N) is 1. The summed E-state index contributed by atoms with van der Waals surface area (Å²) in [6.45, 7) is 5.63. The van der Waals surface area contributed by atoms with Crippen molar-refractivity contribution in [3.63, 3.8) is 0 Å². The van der Waals surface area contributed by atoms with Crippen molar-refractivity contribution in [1.82, 2.24) is 0 Å². The Labute approximate surface area is 73.0 Å². The highest BCUT2D eigenvalue weighted by atomic mass is 16.7. The highest BCUT2D eigenvalue weighted by molar-refractivity contribution is 5.69. The van der Waals surface area contributed by atoms with Gasteiger partial charge in [0.15, 0.2) is 0 Å². The summed E-state index contributed by atoms with van der Waals surface area (Å²) in [4.78, 5) is 11.0. The molecule has 0 radical (unpaired) electrons. The van der Waals surface area contributed by atoms with Crippen LogP contribution in [0.1, 0.15) is 33.6 Å². The average Bonchev–Trinajstić information content (AvgIpc) is 1.85. The molecular formula is C8H17NO3. The van der Waals surface area contributed by atoms with Crippen LogP contribution >= 0.6 is 0 Å². The van der Waals surface area contributed by atoms with E-state index in [-0.39, 0.29) is 5.97 Å². The second kappa shape index (κ2) is 5.11. The number of rotatable bonds is 5. The van der Waals surface area contributed by atoms with Gasteiger partial charge in [-0.3, -0.25) is 10.5 Å². The topological polar surface area (TPSA) is 61.5 Å². The van der Waals surface area contributed by atoms with Gasteiger partial charge in [0.1, 0.15) is 0 Å². The average molecular weight is 175 g/mol. The second-order valence-corrected chi connectivity index (χ2v) is 2.67. The van der Waals surface area contributed by atoms with Crippen molar-refractivity contribution >= 4 is 5.97 Å². The molecule has 1 unspecified atom stereocenters. The van der Waals surface area contributed by atoms with Gasteiger partial charge in [-0.15, -0.1) is 0 Å². The van der Waals surface area contributed by atoms with Crippen molar-refractivity contribution in [2.45, 2.75) is 39.5 Å². The summed E-state index contributed by atoms with van der Waals surface area (Å²) in [5, 5.41) is 0. The maximum Gasteiger partial charge on any atom is 0.309 e. The lowest BCUT2D eigenvalue weighted by atomic mass is 10.3.